The van der Waals surface area contributed by atoms with Gasteiger partial charge in [0.05, 0.1) is 23.0 Å². The molecule has 1 amide bonds. The lowest BCUT2D eigenvalue weighted by Gasteiger charge is -2.38. The van der Waals surface area contributed by atoms with Crippen LogP contribution >= 0.6 is 0 Å². The van der Waals surface area contributed by atoms with Crippen molar-refractivity contribution in [2.24, 2.45) is 5.92 Å². The van der Waals surface area contributed by atoms with Crippen molar-refractivity contribution in [3.8, 4) is 5.69 Å². The number of benzene rings is 3. The van der Waals surface area contributed by atoms with Crippen LogP contribution in [0.25, 0.3) is 16.6 Å². The Hall–Kier alpha value is -7.25. The van der Waals surface area contributed by atoms with Crippen molar-refractivity contribution in [1.29, 1.82) is 0 Å². The van der Waals surface area contributed by atoms with E-state index >= 15 is 9.18 Å². The summed E-state index contributed by atoms with van der Waals surface area (Å²) in [6.07, 6.45) is 9.42. The summed E-state index contributed by atoms with van der Waals surface area (Å²) in [5.41, 5.74) is 9.09. The van der Waals surface area contributed by atoms with Gasteiger partial charge in [-0.3, -0.25) is 24.1 Å². The normalized spacial score (nSPS) is 23.4. The summed E-state index contributed by atoms with van der Waals surface area (Å²) >= 11 is 0. The lowest BCUT2D eigenvalue weighted by Crippen LogP contribution is -2.41. The van der Waals surface area contributed by atoms with Gasteiger partial charge in [0.25, 0.3) is 5.91 Å². The van der Waals surface area contributed by atoms with Gasteiger partial charge in [0.2, 0.25) is 5.82 Å². The van der Waals surface area contributed by atoms with Gasteiger partial charge in [-0.2, -0.15) is 5.10 Å². The molecule has 0 radical (unpaired) electrons. The molecule has 12 rings (SSSR count). The number of nitrogens with one attached hydrogen (secondary N) is 1. The third-order valence-corrected chi connectivity index (χ3v) is 16.0. The molecule has 358 valence electrons. The molecule has 15 nitrogen and oxygen atoms in total. The Morgan fingerprint density at radius 3 is 2.36 bits per heavy atom. The number of hydrogen-bond donors (Lipinski definition) is 1. The Balaban J connectivity index is 0.970. The smallest absolute Gasteiger partial charge is 0.376 e. The Morgan fingerprint density at radius 1 is 0.900 bits per heavy atom. The highest BCUT2D eigenvalue weighted by atomic mass is 19.1. The SMILES string of the molecule is Cc1cc(-n2nc3c(c2N2C=CN(c4cc5c6c(c4)CCC(=C=O)N6CCC5)C2=C=O)[C@H](C)N(C(=O)c2cc4cc([C@H]5CCOC(C)(C)C5)ccc4n2[C@@]2(c4noc(=O)[nH]4)C[C@@H]2C)CC3)cc(C)c1F. The van der Waals surface area contributed by atoms with Gasteiger partial charge in [-0.1, -0.05) is 18.1 Å². The highest BCUT2D eigenvalue weighted by Crippen LogP contribution is 2.56. The van der Waals surface area contributed by atoms with E-state index in [1.54, 1.807) is 35.6 Å². The van der Waals surface area contributed by atoms with Gasteiger partial charge in [-0.25, -0.2) is 23.5 Å². The molecule has 5 aliphatic heterocycles. The number of aromatic nitrogens is 5. The van der Waals surface area contributed by atoms with Crippen LogP contribution in [0.1, 0.15) is 127 Å². The molecule has 1 N–H and O–H groups in total. The van der Waals surface area contributed by atoms with Crippen molar-refractivity contribution in [2.75, 3.05) is 34.4 Å². The zero-order valence-electron chi connectivity index (χ0n) is 40.2. The van der Waals surface area contributed by atoms with Gasteiger partial charge < -0.3 is 19.1 Å². The molecule has 1 saturated carbocycles. The van der Waals surface area contributed by atoms with E-state index in [0.29, 0.717) is 78.7 Å². The molecular formula is C54H54FN9O6. The number of fused-ring (bicyclic) bond motifs is 2. The van der Waals surface area contributed by atoms with Gasteiger partial charge in [-0.05, 0) is 155 Å². The van der Waals surface area contributed by atoms with Crippen LogP contribution < -0.4 is 20.5 Å². The number of rotatable bonds is 7. The van der Waals surface area contributed by atoms with Crippen molar-refractivity contribution >= 4 is 45.9 Å². The second-order valence-electron chi connectivity index (χ2n) is 20.7. The number of anilines is 3. The van der Waals surface area contributed by atoms with Gasteiger partial charge >= 0.3 is 5.76 Å². The summed E-state index contributed by atoms with van der Waals surface area (Å²) in [4.78, 5) is 64.0. The van der Waals surface area contributed by atoms with Crippen LogP contribution in [0.3, 0.4) is 0 Å². The minimum absolute atomic E-state index is 0.0151. The molecular weight excluding hydrogens is 890 g/mol. The topological polar surface area (TPSA) is 155 Å². The number of H-pyrrole nitrogens is 1. The summed E-state index contributed by atoms with van der Waals surface area (Å²) in [6.45, 7) is 13.5. The van der Waals surface area contributed by atoms with Crippen molar-refractivity contribution in [1.82, 2.24) is 29.4 Å². The minimum atomic E-state index is -0.839. The highest BCUT2D eigenvalue weighted by molar-refractivity contribution is 6.00. The fourth-order valence-corrected chi connectivity index (χ4v) is 12.5. The van der Waals surface area contributed by atoms with Crippen LogP contribution in [-0.4, -0.2) is 72.5 Å². The molecule has 8 heterocycles. The Kier molecular flexibility index (Phi) is 9.99. The zero-order valence-corrected chi connectivity index (χ0v) is 40.2. The van der Waals surface area contributed by atoms with E-state index in [-0.39, 0.29) is 35.0 Å². The molecule has 6 aliphatic rings. The number of ether oxygens (including phenoxy) is 1. The van der Waals surface area contributed by atoms with Crippen LogP contribution in [0.15, 0.2) is 81.8 Å². The number of aryl methyl sites for hydroxylation is 4. The Labute approximate surface area is 403 Å². The average molecular weight is 944 g/mol. The first-order valence-electron chi connectivity index (χ1n) is 24.4. The lowest BCUT2D eigenvalue weighted by molar-refractivity contribution is -0.0592. The van der Waals surface area contributed by atoms with Crippen molar-refractivity contribution in [3.05, 3.63) is 139 Å². The van der Waals surface area contributed by atoms with Crippen LogP contribution in [0.2, 0.25) is 0 Å². The summed E-state index contributed by atoms with van der Waals surface area (Å²) in [5, 5.41) is 10.3. The van der Waals surface area contributed by atoms with E-state index in [1.807, 2.05) is 35.2 Å². The maximum absolute atomic E-state index is 15.7. The van der Waals surface area contributed by atoms with Gasteiger partial charge in [0.1, 0.15) is 34.5 Å². The first-order valence-corrected chi connectivity index (χ1v) is 24.4. The van der Waals surface area contributed by atoms with Gasteiger partial charge in [-0.15, -0.1) is 0 Å². The van der Waals surface area contributed by atoms with Crippen molar-refractivity contribution in [3.63, 3.8) is 0 Å². The lowest BCUT2D eigenvalue weighted by atomic mass is 9.83. The summed E-state index contributed by atoms with van der Waals surface area (Å²) in [5.74, 6) is 4.64. The summed E-state index contributed by atoms with van der Waals surface area (Å²) in [6, 6.07) is 15.5. The number of allylic oxidation sites excluding steroid dienone is 1. The van der Waals surface area contributed by atoms with E-state index in [2.05, 4.69) is 82.6 Å². The first kappa shape index (κ1) is 44.0. The Morgan fingerprint density at radius 2 is 1.66 bits per heavy atom. The third kappa shape index (κ3) is 6.64. The molecule has 0 spiro atoms. The molecule has 0 unspecified atom stereocenters. The number of carbonyl (C=O) groups is 1. The molecule has 6 aromatic rings. The predicted molar refractivity (Wildman–Crippen MR) is 261 cm³/mol. The molecule has 16 heteroatoms. The van der Waals surface area contributed by atoms with Crippen LogP contribution in [0.5, 0.6) is 0 Å². The molecule has 1 saturated heterocycles. The molecule has 1 aliphatic carbocycles. The average Bonchev–Trinajstić information content (AvgIpc) is 3.87. The molecule has 0 bridgehead atoms. The first-order chi connectivity index (χ1) is 33.7. The number of carbonyl (C=O) groups excluding carboxylic acids is 3. The summed E-state index contributed by atoms with van der Waals surface area (Å²) < 4.78 is 30.3. The highest BCUT2D eigenvalue weighted by Gasteiger charge is 2.59. The fourth-order valence-electron chi connectivity index (χ4n) is 12.5. The molecule has 3 aromatic carbocycles. The molecule has 3 aromatic heterocycles. The number of hydrogen-bond acceptors (Lipinski definition) is 11. The number of nitrogens with zero attached hydrogens (tertiary/aromatic N) is 8. The van der Waals surface area contributed by atoms with Crippen molar-refractivity contribution in [2.45, 2.75) is 116 Å². The summed E-state index contributed by atoms with van der Waals surface area (Å²) in [7, 11) is 0. The number of halogens is 1. The maximum Gasteiger partial charge on any atom is 0.438 e. The maximum atomic E-state index is 15.7. The van der Waals surface area contributed by atoms with Crippen LogP contribution in [0.4, 0.5) is 21.6 Å². The molecule has 70 heavy (non-hydrogen) atoms. The standard InChI is InChI=1S/C54H54FN9O6/c1-30-20-41(21-31(2)47(30)55)64-49(62-18-17-60(45(62)29-66)40-23-35-8-7-15-61-39(28-65)11-9-36(24-40)48(35)61)46-33(4)59(16-13-42(46)57-64)50(67)44-25-38-22-34(37-14-19-69-53(5,6)27-37)10-12-43(38)63(44)54(26-32(54)3)51-56-52(68)70-58-51/h10,12,17-18,20-25,32-33,37H,7-9,11,13-16,19,26-27H2,1-6H3,(H,56,58,68)/t32-,33-,37-,54-/m0/s1. The second-order valence-corrected chi connectivity index (χ2v) is 20.7. The van der Waals surface area contributed by atoms with Gasteiger partial charge in [0.15, 0.2) is 11.8 Å². The van der Waals surface area contributed by atoms with E-state index in [1.165, 1.54) is 5.56 Å². The monoisotopic (exact) mass is 943 g/mol. The molecule has 2 fully saturated rings. The third-order valence-electron chi connectivity index (χ3n) is 16.0. The zero-order chi connectivity index (χ0) is 48.5. The van der Waals surface area contributed by atoms with Crippen LogP contribution in [0, 0.1) is 25.6 Å². The van der Waals surface area contributed by atoms with Crippen LogP contribution in [-0.2, 0) is 39.1 Å². The molecule has 4 atom stereocenters. The minimum Gasteiger partial charge on any atom is -0.376 e. The van der Waals surface area contributed by atoms with E-state index < -0.39 is 17.3 Å². The van der Waals surface area contributed by atoms with Crippen molar-refractivity contribution < 1.29 is 28.0 Å². The Bertz CT molecular complexity index is 3380. The largest absolute Gasteiger partial charge is 0.438 e. The quantitative estimate of drug-likeness (QED) is 0.154. The van der Waals surface area contributed by atoms with E-state index in [0.717, 1.165) is 76.9 Å². The van der Waals surface area contributed by atoms with Gasteiger partial charge in [0, 0.05) is 72.8 Å². The van der Waals surface area contributed by atoms with E-state index in [4.69, 9.17) is 14.4 Å². The second kappa shape index (κ2) is 15.9. The fraction of sp³-hybridized carbons (Fsp3) is 0.407. The number of aromatic amines is 1. The predicted octanol–water partition coefficient (Wildman–Crippen LogP) is 8.36. The number of amides is 1. The van der Waals surface area contributed by atoms with E-state index in [9.17, 15) is 14.4 Å².